The van der Waals surface area contributed by atoms with Crippen molar-refractivity contribution in [3.05, 3.63) is 17.0 Å². The number of aryl methyl sites for hydroxylation is 2. The van der Waals surface area contributed by atoms with E-state index in [1.165, 1.54) is 0 Å². The molecule has 1 aliphatic heterocycles. The summed E-state index contributed by atoms with van der Waals surface area (Å²) in [6, 6.07) is -0.236. The summed E-state index contributed by atoms with van der Waals surface area (Å²) < 4.78 is 43.5. The van der Waals surface area contributed by atoms with E-state index in [4.69, 9.17) is 14.0 Å². The predicted octanol–water partition coefficient (Wildman–Crippen LogP) is 1.05. The standard InChI is InChI=1S/C14H22N2O5S/c1-9-12(10(2)21-15-9)7-20-14-8-19-6-5-13(14)16-22(17,18)11-3-4-11/h11,13-14,16H,3-8H2,1-2H3/t13-,14-/m1/s1. The number of rotatable bonds is 6. The highest BCUT2D eigenvalue weighted by molar-refractivity contribution is 7.90. The number of nitrogens with zero attached hydrogens (tertiary/aromatic N) is 1. The molecule has 2 atom stereocenters. The van der Waals surface area contributed by atoms with Crippen molar-refractivity contribution in [2.45, 2.75) is 57.1 Å². The van der Waals surface area contributed by atoms with Crippen LogP contribution in [0, 0.1) is 13.8 Å². The maximum atomic E-state index is 12.1. The van der Waals surface area contributed by atoms with Crippen molar-refractivity contribution < 1.29 is 22.4 Å². The molecule has 0 spiro atoms. The van der Waals surface area contributed by atoms with Crippen molar-refractivity contribution in [2.24, 2.45) is 0 Å². The molecule has 2 fully saturated rings. The van der Waals surface area contributed by atoms with E-state index in [-0.39, 0.29) is 17.4 Å². The second kappa shape index (κ2) is 6.27. The molecule has 0 amide bonds. The molecule has 0 radical (unpaired) electrons. The van der Waals surface area contributed by atoms with Crippen LogP contribution in [-0.2, 0) is 26.1 Å². The summed E-state index contributed by atoms with van der Waals surface area (Å²) >= 11 is 0. The summed E-state index contributed by atoms with van der Waals surface area (Å²) in [5.74, 6) is 0.726. The van der Waals surface area contributed by atoms with Crippen LogP contribution in [0.1, 0.15) is 36.3 Å². The molecule has 1 N–H and O–H groups in total. The van der Waals surface area contributed by atoms with Crippen molar-refractivity contribution in [3.8, 4) is 0 Å². The summed E-state index contributed by atoms with van der Waals surface area (Å²) in [6.45, 7) is 4.98. The lowest BCUT2D eigenvalue weighted by Crippen LogP contribution is -2.50. The Kier molecular flexibility index (Phi) is 4.54. The number of hydrogen-bond donors (Lipinski definition) is 1. The summed E-state index contributed by atoms with van der Waals surface area (Å²) in [5.41, 5.74) is 1.71. The Bertz CT molecular complexity index is 604. The first-order chi connectivity index (χ1) is 10.5. The van der Waals surface area contributed by atoms with Gasteiger partial charge in [0.2, 0.25) is 10.0 Å². The van der Waals surface area contributed by atoms with Gasteiger partial charge in [0.1, 0.15) is 5.76 Å². The summed E-state index contributed by atoms with van der Waals surface area (Å²) in [5, 5.41) is 3.67. The third-order valence-corrected chi connectivity index (χ3v) is 6.19. The maximum absolute atomic E-state index is 12.1. The predicted molar refractivity (Wildman–Crippen MR) is 78.9 cm³/mol. The molecule has 124 valence electrons. The molecular weight excluding hydrogens is 308 g/mol. The van der Waals surface area contributed by atoms with Gasteiger partial charge in [-0.25, -0.2) is 13.1 Å². The van der Waals surface area contributed by atoms with Crippen molar-refractivity contribution in [3.63, 3.8) is 0 Å². The van der Waals surface area contributed by atoms with E-state index < -0.39 is 10.0 Å². The fourth-order valence-electron chi connectivity index (χ4n) is 2.59. The van der Waals surface area contributed by atoms with Crippen LogP contribution in [0.4, 0.5) is 0 Å². The van der Waals surface area contributed by atoms with Crippen LogP contribution in [-0.4, -0.2) is 44.2 Å². The Morgan fingerprint density at radius 1 is 1.32 bits per heavy atom. The van der Waals surface area contributed by atoms with E-state index in [9.17, 15) is 8.42 Å². The van der Waals surface area contributed by atoms with Gasteiger partial charge in [0.05, 0.1) is 36.3 Å². The van der Waals surface area contributed by atoms with Crippen LogP contribution in [0.3, 0.4) is 0 Å². The van der Waals surface area contributed by atoms with Crippen molar-refractivity contribution in [1.29, 1.82) is 0 Å². The van der Waals surface area contributed by atoms with Gasteiger partial charge in [-0.2, -0.15) is 0 Å². The summed E-state index contributed by atoms with van der Waals surface area (Å²) in [4.78, 5) is 0. The van der Waals surface area contributed by atoms with E-state index in [2.05, 4.69) is 9.88 Å². The normalized spacial score (nSPS) is 26.3. The van der Waals surface area contributed by atoms with Gasteiger partial charge in [0.15, 0.2) is 0 Å². The molecule has 8 heteroatoms. The van der Waals surface area contributed by atoms with Gasteiger partial charge < -0.3 is 14.0 Å². The third-order valence-electron chi connectivity index (χ3n) is 4.21. The zero-order valence-electron chi connectivity index (χ0n) is 12.9. The molecule has 7 nitrogen and oxygen atoms in total. The van der Waals surface area contributed by atoms with Gasteiger partial charge in [0.25, 0.3) is 0 Å². The fraction of sp³-hybridized carbons (Fsp3) is 0.786. The molecule has 1 saturated carbocycles. The minimum Gasteiger partial charge on any atom is -0.379 e. The number of aromatic nitrogens is 1. The largest absolute Gasteiger partial charge is 0.379 e. The molecule has 22 heavy (non-hydrogen) atoms. The zero-order valence-corrected chi connectivity index (χ0v) is 13.7. The van der Waals surface area contributed by atoms with Crippen LogP contribution in [0.15, 0.2) is 4.52 Å². The molecule has 2 heterocycles. The Hall–Kier alpha value is -0.960. The molecule has 0 unspecified atom stereocenters. The average Bonchev–Trinajstić information content (AvgIpc) is 3.27. The first-order valence-electron chi connectivity index (χ1n) is 7.59. The lowest BCUT2D eigenvalue weighted by atomic mass is 10.1. The van der Waals surface area contributed by atoms with Crippen LogP contribution in [0.2, 0.25) is 0 Å². The Labute approximate surface area is 130 Å². The van der Waals surface area contributed by atoms with E-state index in [1.54, 1.807) is 0 Å². The highest BCUT2D eigenvalue weighted by Gasteiger charge is 2.39. The van der Waals surface area contributed by atoms with E-state index in [1.807, 2.05) is 13.8 Å². The quantitative estimate of drug-likeness (QED) is 0.838. The van der Waals surface area contributed by atoms with Gasteiger partial charge in [-0.15, -0.1) is 0 Å². The van der Waals surface area contributed by atoms with Gasteiger partial charge in [-0.3, -0.25) is 0 Å². The molecule has 0 aromatic carbocycles. The van der Waals surface area contributed by atoms with Crippen molar-refractivity contribution in [1.82, 2.24) is 9.88 Å². The van der Waals surface area contributed by atoms with Crippen molar-refractivity contribution >= 4 is 10.0 Å². The first kappa shape index (κ1) is 15.9. The first-order valence-corrected chi connectivity index (χ1v) is 9.14. The molecule has 2 aliphatic rings. The molecular formula is C14H22N2O5S. The van der Waals surface area contributed by atoms with Gasteiger partial charge in [0, 0.05) is 12.2 Å². The van der Waals surface area contributed by atoms with Crippen LogP contribution < -0.4 is 4.72 Å². The Morgan fingerprint density at radius 3 is 2.73 bits per heavy atom. The van der Waals surface area contributed by atoms with E-state index >= 15 is 0 Å². The molecule has 1 saturated heterocycles. The topological polar surface area (TPSA) is 90.7 Å². The smallest absolute Gasteiger partial charge is 0.214 e. The van der Waals surface area contributed by atoms with Crippen LogP contribution in [0.5, 0.6) is 0 Å². The van der Waals surface area contributed by atoms with E-state index in [0.29, 0.717) is 26.2 Å². The lowest BCUT2D eigenvalue weighted by molar-refractivity contribution is -0.0714. The maximum Gasteiger partial charge on any atom is 0.214 e. The highest BCUT2D eigenvalue weighted by Crippen LogP contribution is 2.28. The summed E-state index contributed by atoms with van der Waals surface area (Å²) in [7, 11) is -3.22. The number of ether oxygens (including phenoxy) is 2. The van der Waals surface area contributed by atoms with Crippen molar-refractivity contribution in [2.75, 3.05) is 13.2 Å². The molecule has 1 aromatic rings. The number of sulfonamides is 1. The fourth-order valence-corrected chi connectivity index (χ4v) is 4.24. The monoisotopic (exact) mass is 330 g/mol. The number of hydrogen-bond acceptors (Lipinski definition) is 6. The Balaban J connectivity index is 1.62. The Morgan fingerprint density at radius 2 is 2.09 bits per heavy atom. The highest BCUT2D eigenvalue weighted by atomic mass is 32.2. The van der Waals surface area contributed by atoms with Crippen LogP contribution >= 0.6 is 0 Å². The number of nitrogens with one attached hydrogen (secondary N) is 1. The van der Waals surface area contributed by atoms with Gasteiger partial charge >= 0.3 is 0 Å². The van der Waals surface area contributed by atoms with Gasteiger partial charge in [-0.1, -0.05) is 5.16 Å². The lowest BCUT2D eigenvalue weighted by Gasteiger charge is -2.31. The third kappa shape index (κ3) is 3.51. The molecule has 1 aliphatic carbocycles. The molecule has 1 aromatic heterocycles. The molecule has 0 bridgehead atoms. The van der Waals surface area contributed by atoms with Gasteiger partial charge in [-0.05, 0) is 33.1 Å². The second-order valence-corrected chi connectivity index (χ2v) is 7.98. The second-order valence-electron chi connectivity index (χ2n) is 5.98. The van der Waals surface area contributed by atoms with E-state index in [0.717, 1.165) is 29.9 Å². The SMILES string of the molecule is Cc1noc(C)c1CO[C@@H]1COCC[C@H]1NS(=O)(=O)C1CC1. The zero-order chi connectivity index (χ0) is 15.7. The molecule has 3 rings (SSSR count). The summed E-state index contributed by atoms with van der Waals surface area (Å²) in [6.07, 6.45) is 1.83. The minimum absolute atomic E-state index is 0.224. The van der Waals surface area contributed by atoms with Crippen LogP contribution in [0.25, 0.3) is 0 Å². The average molecular weight is 330 g/mol. The minimum atomic E-state index is -3.22.